The van der Waals surface area contributed by atoms with Crippen LogP contribution in [0.3, 0.4) is 0 Å². The lowest BCUT2D eigenvalue weighted by atomic mass is 9.97. The normalized spacial score (nSPS) is 18.7. The highest BCUT2D eigenvalue weighted by Gasteiger charge is 2.39. The van der Waals surface area contributed by atoms with Crippen molar-refractivity contribution < 1.29 is 4.84 Å². The topological polar surface area (TPSA) is 24.8 Å². The van der Waals surface area contributed by atoms with Gasteiger partial charge < -0.3 is 4.84 Å². The summed E-state index contributed by atoms with van der Waals surface area (Å²) in [5, 5.41) is 1.59. The van der Waals surface area contributed by atoms with E-state index in [0.29, 0.717) is 0 Å². The molecule has 0 amide bonds. The van der Waals surface area contributed by atoms with Crippen LogP contribution in [0.4, 0.5) is 0 Å². The van der Waals surface area contributed by atoms with Gasteiger partial charge in [-0.3, -0.25) is 0 Å². The summed E-state index contributed by atoms with van der Waals surface area (Å²) in [6.07, 6.45) is -0.363. The molecule has 2 aromatic rings. The zero-order chi connectivity index (χ0) is 16.6. The van der Waals surface area contributed by atoms with Crippen LogP contribution in [0.25, 0.3) is 11.1 Å². The smallest absolute Gasteiger partial charge is 0.268 e. The van der Waals surface area contributed by atoms with Crippen LogP contribution in [0.1, 0.15) is 17.3 Å². The van der Waals surface area contributed by atoms with E-state index in [9.17, 15) is 0 Å². The van der Waals surface area contributed by atoms with Crippen LogP contribution in [0, 0.1) is 6.92 Å². The van der Waals surface area contributed by atoms with Crippen molar-refractivity contribution in [2.24, 2.45) is 4.99 Å². The Morgan fingerprint density at radius 3 is 2.30 bits per heavy atom. The van der Waals surface area contributed by atoms with Crippen LogP contribution in [0.15, 0.2) is 53.5 Å². The summed E-state index contributed by atoms with van der Waals surface area (Å²) in [6.45, 7) is 2.06. The number of alkyl halides is 3. The van der Waals surface area contributed by atoms with Crippen LogP contribution < -0.4 is 0 Å². The predicted molar refractivity (Wildman–Crippen MR) is 95.9 cm³/mol. The molecule has 0 spiro atoms. The first-order valence-electron chi connectivity index (χ1n) is 7.08. The first-order valence-corrected chi connectivity index (χ1v) is 8.21. The number of rotatable bonds is 2. The molecule has 1 aliphatic heterocycles. The monoisotopic (exact) mass is 368 g/mol. The fourth-order valence-electron chi connectivity index (χ4n) is 2.51. The first kappa shape index (κ1) is 16.6. The molecule has 0 aliphatic carbocycles. The molecule has 23 heavy (non-hydrogen) atoms. The van der Waals surface area contributed by atoms with Crippen molar-refractivity contribution in [1.29, 1.82) is 0 Å². The van der Waals surface area contributed by atoms with Crippen LogP contribution in [0.2, 0.25) is 0 Å². The van der Waals surface area contributed by atoms with Crippen molar-refractivity contribution in [2.45, 2.75) is 16.9 Å². The molecule has 0 radical (unpaired) electrons. The summed E-state index contributed by atoms with van der Waals surface area (Å²) >= 11 is 17.6. The average Bonchev–Trinajstić information content (AvgIpc) is 2.90. The fourth-order valence-corrected chi connectivity index (χ4v) is 2.76. The molecule has 1 aliphatic rings. The minimum Gasteiger partial charge on any atom is -0.384 e. The standard InChI is InChI=1S/C17H15Cl3N2O/c1-11-7-9-12(10-8-11)13-5-3-4-6-14(13)15-21-16(17(18,19)20)23-22(15)2/h3-10,15H,1-2H3. The molecule has 0 saturated carbocycles. The van der Waals surface area contributed by atoms with Gasteiger partial charge in [0.1, 0.15) is 0 Å². The Morgan fingerprint density at radius 1 is 1.04 bits per heavy atom. The van der Waals surface area contributed by atoms with Gasteiger partial charge in [-0.05, 0) is 18.1 Å². The molecule has 1 heterocycles. The number of hydrogen-bond acceptors (Lipinski definition) is 3. The van der Waals surface area contributed by atoms with Gasteiger partial charge in [-0.15, -0.1) is 5.06 Å². The third-order valence-electron chi connectivity index (χ3n) is 3.66. The van der Waals surface area contributed by atoms with Gasteiger partial charge in [0.05, 0.1) is 0 Å². The van der Waals surface area contributed by atoms with E-state index in [1.54, 1.807) is 12.1 Å². The number of hydroxylamine groups is 2. The highest BCUT2D eigenvalue weighted by atomic mass is 35.6. The minimum absolute atomic E-state index is 0.0775. The Bertz CT molecular complexity index is 738. The second kappa shape index (κ2) is 6.33. The lowest BCUT2D eigenvalue weighted by Crippen LogP contribution is -2.24. The molecule has 0 saturated heterocycles. The number of nitrogens with zero attached hydrogens (tertiary/aromatic N) is 2. The maximum absolute atomic E-state index is 5.88. The molecular formula is C17H15Cl3N2O. The Kier molecular flexibility index (Phi) is 4.56. The quantitative estimate of drug-likeness (QED) is 0.670. The number of aliphatic imine (C=N–C) groups is 1. The Labute approximate surface area is 150 Å². The summed E-state index contributed by atoms with van der Waals surface area (Å²) in [4.78, 5) is 9.93. The minimum atomic E-state index is -1.68. The molecule has 3 rings (SSSR count). The zero-order valence-electron chi connectivity index (χ0n) is 12.6. The first-order chi connectivity index (χ1) is 10.9. The summed E-state index contributed by atoms with van der Waals surface area (Å²) in [5.41, 5.74) is 4.38. The number of aryl methyl sites for hydroxylation is 1. The van der Waals surface area contributed by atoms with Crippen molar-refractivity contribution in [3.05, 3.63) is 59.7 Å². The molecule has 2 aromatic carbocycles. The van der Waals surface area contributed by atoms with E-state index in [0.717, 1.165) is 16.7 Å². The molecule has 0 bridgehead atoms. The van der Waals surface area contributed by atoms with Gasteiger partial charge in [-0.25, -0.2) is 4.99 Å². The lowest BCUT2D eigenvalue weighted by Gasteiger charge is -2.19. The second-order valence-electron chi connectivity index (χ2n) is 5.40. The van der Waals surface area contributed by atoms with E-state index in [-0.39, 0.29) is 12.1 Å². The highest BCUT2D eigenvalue weighted by molar-refractivity contribution is 6.76. The fraction of sp³-hybridized carbons (Fsp3) is 0.235. The molecular weight excluding hydrogens is 355 g/mol. The molecule has 0 N–H and O–H groups in total. The van der Waals surface area contributed by atoms with E-state index in [4.69, 9.17) is 39.6 Å². The van der Waals surface area contributed by atoms with Crippen molar-refractivity contribution in [2.75, 3.05) is 7.05 Å². The van der Waals surface area contributed by atoms with Crippen molar-refractivity contribution in [3.8, 4) is 11.1 Å². The van der Waals surface area contributed by atoms with E-state index in [1.807, 2.05) is 18.2 Å². The molecule has 0 aromatic heterocycles. The van der Waals surface area contributed by atoms with Gasteiger partial charge in [0.15, 0.2) is 6.17 Å². The van der Waals surface area contributed by atoms with Crippen molar-refractivity contribution >= 4 is 40.7 Å². The number of hydrogen-bond donors (Lipinski definition) is 0. The van der Waals surface area contributed by atoms with Crippen molar-refractivity contribution in [3.63, 3.8) is 0 Å². The third-order valence-corrected chi connectivity index (χ3v) is 4.14. The average molecular weight is 370 g/mol. The Morgan fingerprint density at radius 2 is 1.70 bits per heavy atom. The van der Waals surface area contributed by atoms with Crippen LogP contribution >= 0.6 is 34.8 Å². The van der Waals surface area contributed by atoms with E-state index >= 15 is 0 Å². The maximum Gasteiger partial charge on any atom is 0.268 e. The second-order valence-corrected chi connectivity index (χ2v) is 7.68. The van der Waals surface area contributed by atoms with Crippen LogP contribution in [-0.4, -0.2) is 21.8 Å². The maximum atomic E-state index is 5.88. The van der Waals surface area contributed by atoms with E-state index in [2.05, 4.69) is 42.2 Å². The summed E-state index contributed by atoms with van der Waals surface area (Å²) in [5.74, 6) is 0.0775. The highest BCUT2D eigenvalue weighted by Crippen LogP contribution is 2.39. The van der Waals surface area contributed by atoms with Gasteiger partial charge in [0.25, 0.3) is 9.69 Å². The van der Waals surface area contributed by atoms with Crippen LogP contribution in [0.5, 0.6) is 0 Å². The predicted octanol–water partition coefficient (Wildman–Crippen LogP) is 5.31. The Hall–Kier alpha value is -1.26. The van der Waals surface area contributed by atoms with Gasteiger partial charge in [-0.1, -0.05) is 88.9 Å². The number of halogens is 3. The lowest BCUT2D eigenvalue weighted by molar-refractivity contribution is -0.0589. The third kappa shape index (κ3) is 3.48. The number of benzene rings is 2. The summed E-state index contributed by atoms with van der Waals surface area (Å²) < 4.78 is -1.68. The van der Waals surface area contributed by atoms with E-state index in [1.165, 1.54) is 5.56 Å². The molecule has 1 atom stereocenters. The Balaban J connectivity index is 2.04. The van der Waals surface area contributed by atoms with Crippen LogP contribution in [-0.2, 0) is 4.84 Å². The molecule has 3 nitrogen and oxygen atoms in total. The molecule has 6 heteroatoms. The largest absolute Gasteiger partial charge is 0.384 e. The molecule has 1 unspecified atom stereocenters. The van der Waals surface area contributed by atoms with Gasteiger partial charge in [-0.2, -0.15) is 0 Å². The summed E-state index contributed by atoms with van der Waals surface area (Å²) in [7, 11) is 1.77. The van der Waals surface area contributed by atoms with Gasteiger partial charge in [0.2, 0.25) is 0 Å². The SMILES string of the molecule is Cc1ccc(-c2ccccc2C2N=C(C(Cl)(Cl)Cl)ON2C)cc1. The van der Waals surface area contributed by atoms with Gasteiger partial charge in [0, 0.05) is 12.6 Å². The van der Waals surface area contributed by atoms with E-state index < -0.39 is 3.79 Å². The summed E-state index contributed by atoms with van der Waals surface area (Å²) in [6, 6.07) is 16.3. The molecule has 120 valence electrons. The zero-order valence-corrected chi connectivity index (χ0v) is 14.9. The van der Waals surface area contributed by atoms with Crippen molar-refractivity contribution in [1.82, 2.24) is 5.06 Å². The van der Waals surface area contributed by atoms with Gasteiger partial charge >= 0.3 is 0 Å². The molecule has 0 fully saturated rings.